The molecule has 3 rings (SSSR count). The van der Waals surface area contributed by atoms with Gasteiger partial charge in [0.15, 0.2) is 0 Å². The topological polar surface area (TPSA) is 41.1 Å². The molecule has 1 atom stereocenters. The summed E-state index contributed by atoms with van der Waals surface area (Å²) >= 11 is 1.63. The Balaban J connectivity index is 1.93. The van der Waals surface area contributed by atoms with E-state index in [4.69, 9.17) is 0 Å². The van der Waals surface area contributed by atoms with E-state index in [1.165, 1.54) is 41.3 Å². The van der Waals surface area contributed by atoms with E-state index in [1.807, 2.05) is 13.8 Å². The highest BCUT2D eigenvalue weighted by Gasteiger charge is 2.22. The third-order valence-electron chi connectivity index (χ3n) is 4.44. The van der Waals surface area contributed by atoms with Gasteiger partial charge in [-0.2, -0.15) is 0 Å². The number of amides is 1. The number of fused-ring (bicyclic) bond motifs is 1. The van der Waals surface area contributed by atoms with Crippen molar-refractivity contribution >= 4 is 27.3 Å². The molecule has 2 aromatic rings. The fourth-order valence-corrected chi connectivity index (χ4v) is 4.47. The van der Waals surface area contributed by atoms with Gasteiger partial charge in [-0.1, -0.05) is 31.0 Å². The molecule has 124 valence electrons. The van der Waals surface area contributed by atoms with Gasteiger partial charge in [-0.3, -0.25) is 4.79 Å². The van der Waals surface area contributed by atoms with Crippen molar-refractivity contribution in [2.45, 2.75) is 58.0 Å². The van der Waals surface area contributed by atoms with E-state index in [0.29, 0.717) is 6.04 Å². The van der Waals surface area contributed by atoms with Crippen LogP contribution in [0.4, 0.5) is 0 Å². The van der Waals surface area contributed by atoms with Gasteiger partial charge < -0.3 is 10.6 Å². The molecule has 0 unspecified atom stereocenters. The maximum absolute atomic E-state index is 12.6. The number of hydrogen-bond acceptors (Lipinski definition) is 3. The molecule has 2 heterocycles. The summed E-state index contributed by atoms with van der Waals surface area (Å²) in [5.41, 5.74) is 1.23. The van der Waals surface area contributed by atoms with Crippen molar-refractivity contribution in [1.29, 1.82) is 0 Å². The van der Waals surface area contributed by atoms with Crippen LogP contribution in [0.1, 0.15) is 54.8 Å². The summed E-state index contributed by atoms with van der Waals surface area (Å²) in [5.74, 6) is 0.0739. The standard InChI is InChI=1S/C19H26N2OS/c1-13(2)21-19(22)18-16(12-14-8-4-3-7-11-20-14)15-9-5-6-10-17(15)23-18/h5-6,9-10,13-14,20H,3-4,7-8,11-12H2,1-2H3,(H,21,22)/t14-/m0/s1. The normalized spacial score (nSPS) is 19.0. The SMILES string of the molecule is CC(C)NC(=O)c1sc2ccccc2c1C[C@@H]1CCCCCN1. The van der Waals surface area contributed by atoms with Crippen LogP contribution >= 0.6 is 11.3 Å². The summed E-state index contributed by atoms with van der Waals surface area (Å²) in [6.45, 7) is 5.12. The molecule has 1 aliphatic rings. The van der Waals surface area contributed by atoms with Gasteiger partial charge in [0.1, 0.15) is 0 Å². The van der Waals surface area contributed by atoms with Crippen LogP contribution in [0.3, 0.4) is 0 Å². The molecule has 1 amide bonds. The van der Waals surface area contributed by atoms with Crippen LogP contribution in [0, 0.1) is 0 Å². The third kappa shape index (κ3) is 3.93. The first-order chi connectivity index (χ1) is 11.1. The van der Waals surface area contributed by atoms with Crippen molar-refractivity contribution in [2.24, 2.45) is 0 Å². The molecule has 0 spiro atoms. The molecule has 0 bridgehead atoms. The zero-order valence-corrected chi connectivity index (χ0v) is 14.8. The number of rotatable bonds is 4. The Kier molecular flexibility index (Phi) is 5.34. The molecule has 23 heavy (non-hydrogen) atoms. The van der Waals surface area contributed by atoms with Crippen molar-refractivity contribution < 1.29 is 4.79 Å². The smallest absolute Gasteiger partial charge is 0.261 e. The zero-order chi connectivity index (χ0) is 16.2. The van der Waals surface area contributed by atoms with E-state index < -0.39 is 0 Å². The first-order valence-electron chi connectivity index (χ1n) is 8.70. The summed E-state index contributed by atoms with van der Waals surface area (Å²) in [6, 6.07) is 9.05. The Bertz CT molecular complexity index is 669. The van der Waals surface area contributed by atoms with Gasteiger partial charge in [0.05, 0.1) is 4.88 Å². The summed E-state index contributed by atoms with van der Waals surface area (Å²) in [6.07, 6.45) is 6.02. The molecule has 0 saturated carbocycles. The Hall–Kier alpha value is -1.39. The molecule has 0 aliphatic carbocycles. The van der Waals surface area contributed by atoms with Crippen molar-refractivity contribution in [3.8, 4) is 0 Å². The highest BCUT2D eigenvalue weighted by molar-refractivity contribution is 7.21. The van der Waals surface area contributed by atoms with Gasteiger partial charge in [-0.05, 0) is 56.7 Å². The van der Waals surface area contributed by atoms with Crippen molar-refractivity contribution in [3.05, 3.63) is 34.7 Å². The predicted molar refractivity (Wildman–Crippen MR) is 98.4 cm³/mol. The van der Waals surface area contributed by atoms with Crippen LogP contribution in [0.15, 0.2) is 24.3 Å². The van der Waals surface area contributed by atoms with E-state index in [9.17, 15) is 4.79 Å². The summed E-state index contributed by atoms with van der Waals surface area (Å²) in [5, 5.41) is 7.97. The lowest BCUT2D eigenvalue weighted by molar-refractivity contribution is 0.0946. The first-order valence-corrected chi connectivity index (χ1v) is 9.51. The Labute approximate surface area is 142 Å². The molecule has 1 aromatic heterocycles. The largest absolute Gasteiger partial charge is 0.349 e. The van der Waals surface area contributed by atoms with E-state index >= 15 is 0 Å². The van der Waals surface area contributed by atoms with E-state index in [1.54, 1.807) is 11.3 Å². The van der Waals surface area contributed by atoms with Crippen LogP contribution in [0.5, 0.6) is 0 Å². The molecule has 1 aromatic carbocycles. The summed E-state index contributed by atoms with van der Waals surface area (Å²) < 4.78 is 1.21. The third-order valence-corrected chi connectivity index (χ3v) is 5.65. The van der Waals surface area contributed by atoms with E-state index in [-0.39, 0.29) is 11.9 Å². The first kappa shape index (κ1) is 16.5. The van der Waals surface area contributed by atoms with Crippen LogP contribution in [-0.4, -0.2) is 24.5 Å². The zero-order valence-electron chi connectivity index (χ0n) is 14.0. The minimum Gasteiger partial charge on any atom is -0.349 e. The second kappa shape index (κ2) is 7.45. The number of carbonyl (C=O) groups is 1. The molecule has 0 radical (unpaired) electrons. The van der Waals surface area contributed by atoms with Crippen molar-refractivity contribution in [1.82, 2.24) is 10.6 Å². The molecule has 1 aliphatic heterocycles. The van der Waals surface area contributed by atoms with Crippen LogP contribution < -0.4 is 10.6 Å². The van der Waals surface area contributed by atoms with Crippen LogP contribution in [-0.2, 0) is 6.42 Å². The van der Waals surface area contributed by atoms with Gasteiger partial charge in [0, 0.05) is 16.8 Å². The molecule has 1 fully saturated rings. The van der Waals surface area contributed by atoms with Gasteiger partial charge in [-0.25, -0.2) is 0 Å². The fraction of sp³-hybridized carbons (Fsp3) is 0.526. The minimum atomic E-state index is 0.0739. The maximum Gasteiger partial charge on any atom is 0.261 e. The summed E-state index contributed by atoms with van der Waals surface area (Å²) in [4.78, 5) is 13.5. The van der Waals surface area contributed by atoms with E-state index in [0.717, 1.165) is 17.8 Å². The number of carbonyl (C=O) groups excluding carboxylic acids is 1. The predicted octanol–water partition coefficient (Wildman–Crippen LogP) is 4.11. The average molecular weight is 330 g/mol. The molecular weight excluding hydrogens is 304 g/mol. The lowest BCUT2D eigenvalue weighted by Crippen LogP contribution is -2.32. The number of benzene rings is 1. The number of hydrogen-bond donors (Lipinski definition) is 2. The monoisotopic (exact) mass is 330 g/mol. The Morgan fingerprint density at radius 1 is 1.30 bits per heavy atom. The quantitative estimate of drug-likeness (QED) is 0.885. The van der Waals surface area contributed by atoms with Gasteiger partial charge in [-0.15, -0.1) is 11.3 Å². The Morgan fingerprint density at radius 3 is 2.96 bits per heavy atom. The van der Waals surface area contributed by atoms with Crippen molar-refractivity contribution in [3.63, 3.8) is 0 Å². The van der Waals surface area contributed by atoms with Gasteiger partial charge >= 0.3 is 0 Å². The minimum absolute atomic E-state index is 0.0739. The summed E-state index contributed by atoms with van der Waals surface area (Å²) in [7, 11) is 0. The average Bonchev–Trinajstić information content (AvgIpc) is 2.69. The lowest BCUT2D eigenvalue weighted by Gasteiger charge is -2.17. The maximum atomic E-state index is 12.6. The molecule has 1 saturated heterocycles. The number of nitrogens with one attached hydrogen (secondary N) is 2. The highest BCUT2D eigenvalue weighted by atomic mass is 32.1. The van der Waals surface area contributed by atoms with E-state index in [2.05, 4.69) is 34.9 Å². The number of thiophene rings is 1. The second-order valence-corrected chi connectivity index (χ2v) is 7.79. The molecule has 4 heteroatoms. The molecule has 2 N–H and O–H groups in total. The molecule has 3 nitrogen and oxygen atoms in total. The van der Waals surface area contributed by atoms with Crippen LogP contribution in [0.2, 0.25) is 0 Å². The fourth-order valence-electron chi connectivity index (χ4n) is 3.33. The molecular formula is C19H26N2OS. The van der Waals surface area contributed by atoms with Crippen molar-refractivity contribution in [2.75, 3.05) is 6.54 Å². The van der Waals surface area contributed by atoms with Crippen LogP contribution in [0.25, 0.3) is 10.1 Å². The highest BCUT2D eigenvalue weighted by Crippen LogP contribution is 2.33. The second-order valence-electron chi connectivity index (χ2n) is 6.74. The van der Waals surface area contributed by atoms with Gasteiger partial charge in [0.25, 0.3) is 5.91 Å². The Morgan fingerprint density at radius 2 is 2.13 bits per heavy atom. The van der Waals surface area contributed by atoms with Gasteiger partial charge in [0.2, 0.25) is 0 Å². The lowest BCUT2D eigenvalue weighted by atomic mass is 9.99.